The summed E-state index contributed by atoms with van der Waals surface area (Å²) in [6, 6.07) is 9.83. The van der Waals surface area contributed by atoms with Crippen molar-refractivity contribution in [1.82, 2.24) is 10.6 Å². The maximum absolute atomic E-state index is 13.7. The van der Waals surface area contributed by atoms with Crippen LogP contribution in [-0.2, 0) is 4.74 Å². The van der Waals surface area contributed by atoms with Crippen LogP contribution in [0.2, 0.25) is 0 Å². The molecule has 0 heterocycles. The number of carbonyl (C=O) groups is 1. The number of carbonyl (C=O) groups excluding carboxylic acids is 1. The van der Waals surface area contributed by atoms with Gasteiger partial charge in [0, 0.05) is 37.7 Å². The second-order valence-corrected chi connectivity index (χ2v) is 4.64. The molecule has 1 amide bonds. The molecule has 4 nitrogen and oxygen atoms in total. The Bertz CT molecular complexity index is 616. The van der Waals surface area contributed by atoms with Crippen LogP contribution in [-0.4, -0.2) is 39.3 Å². The molecule has 0 atom stereocenters. The first-order valence-electron chi connectivity index (χ1n) is 6.89. The Labute approximate surface area is 123 Å². The first-order valence-corrected chi connectivity index (χ1v) is 6.89. The molecule has 21 heavy (non-hydrogen) atoms. The van der Waals surface area contributed by atoms with Crippen molar-refractivity contribution in [2.24, 2.45) is 0 Å². The molecular weight excluding hydrogens is 271 g/mol. The molecule has 2 aromatic rings. The Morgan fingerprint density at radius 1 is 1.10 bits per heavy atom. The van der Waals surface area contributed by atoms with Crippen molar-refractivity contribution in [2.45, 2.75) is 0 Å². The van der Waals surface area contributed by atoms with Crippen LogP contribution in [0.25, 0.3) is 10.8 Å². The van der Waals surface area contributed by atoms with Gasteiger partial charge in [0.25, 0.3) is 5.91 Å². The fourth-order valence-corrected chi connectivity index (χ4v) is 2.12. The Balaban J connectivity index is 1.98. The quantitative estimate of drug-likeness (QED) is 0.766. The minimum atomic E-state index is -0.316. The van der Waals surface area contributed by atoms with E-state index in [1.54, 1.807) is 31.4 Å². The lowest BCUT2D eigenvalue weighted by Gasteiger charge is -2.09. The number of nitrogens with one attached hydrogen (secondary N) is 2. The molecule has 2 aromatic carbocycles. The lowest BCUT2D eigenvalue weighted by atomic mass is 10.0. The summed E-state index contributed by atoms with van der Waals surface area (Å²) in [7, 11) is 1.64. The van der Waals surface area contributed by atoms with Gasteiger partial charge >= 0.3 is 0 Å². The van der Waals surface area contributed by atoms with Gasteiger partial charge in [0.15, 0.2) is 0 Å². The highest BCUT2D eigenvalue weighted by Crippen LogP contribution is 2.21. The van der Waals surface area contributed by atoms with Gasteiger partial charge in [0.2, 0.25) is 0 Å². The summed E-state index contributed by atoms with van der Waals surface area (Å²) < 4.78 is 18.6. The highest BCUT2D eigenvalue weighted by atomic mass is 19.1. The third-order valence-corrected chi connectivity index (χ3v) is 3.19. The van der Waals surface area contributed by atoms with Gasteiger partial charge in [0.1, 0.15) is 5.82 Å². The van der Waals surface area contributed by atoms with Crippen LogP contribution in [0.1, 0.15) is 10.4 Å². The van der Waals surface area contributed by atoms with Gasteiger partial charge in [-0.3, -0.25) is 4.79 Å². The smallest absolute Gasteiger partial charge is 0.251 e. The Hall–Kier alpha value is -1.98. The number of fused-ring (bicyclic) bond motifs is 1. The van der Waals surface area contributed by atoms with Crippen LogP contribution >= 0.6 is 0 Å². The summed E-state index contributed by atoms with van der Waals surface area (Å²) in [6.07, 6.45) is 0. The number of amides is 1. The van der Waals surface area contributed by atoms with Crippen molar-refractivity contribution in [3.63, 3.8) is 0 Å². The van der Waals surface area contributed by atoms with Crippen molar-refractivity contribution in [1.29, 1.82) is 0 Å². The molecule has 0 fully saturated rings. The zero-order valence-corrected chi connectivity index (χ0v) is 12.0. The van der Waals surface area contributed by atoms with E-state index >= 15 is 0 Å². The maximum atomic E-state index is 13.7. The van der Waals surface area contributed by atoms with Crippen molar-refractivity contribution in [3.05, 3.63) is 47.8 Å². The first-order chi connectivity index (χ1) is 10.2. The third-order valence-electron chi connectivity index (χ3n) is 3.19. The predicted octanol–water partition coefficient (Wildman–Crippen LogP) is 1.94. The van der Waals surface area contributed by atoms with E-state index in [9.17, 15) is 9.18 Å². The molecule has 5 heteroatoms. The fourth-order valence-electron chi connectivity index (χ4n) is 2.12. The van der Waals surface area contributed by atoms with Crippen molar-refractivity contribution < 1.29 is 13.9 Å². The Kier molecular flexibility index (Phi) is 5.66. The molecule has 0 aliphatic rings. The second kappa shape index (κ2) is 7.71. The average molecular weight is 290 g/mol. The number of hydrogen-bond donors (Lipinski definition) is 2. The summed E-state index contributed by atoms with van der Waals surface area (Å²) >= 11 is 0. The van der Waals surface area contributed by atoms with E-state index in [0.717, 1.165) is 6.54 Å². The number of hydrogen-bond acceptors (Lipinski definition) is 3. The van der Waals surface area contributed by atoms with Gasteiger partial charge in [-0.2, -0.15) is 0 Å². The van der Waals surface area contributed by atoms with E-state index in [4.69, 9.17) is 4.74 Å². The fraction of sp³-hybridized carbons (Fsp3) is 0.312. The van der Waals surface area contributed by atoms with Gasteiger partial charge < -0.3 is 15.4 Å². The van der Waals surface area contributed by atoms with Crippen LogP contribution in [0, 0.1) is 5.82 Å². The second-order valence-electron chi connectivity index (χ2n) is 4.64. The number of rotatable bonds is 7. The van der Waals surface area contributed by atoms with Crippen LogP contribution in [0.5, 0.6) is 0 Å². The third kappa shape index (κ3) is 4.00. The van der Waals surface area contributed by atoms with Crippen molar-refractivity contribution >= 4 is 16.7 Å². The maximum Gasteiger partial charge on any atom is 0.251 e. The molecule has 0 aliphatic carbocycles. The summed E-state index contributed by atoms with van der Waals surface area (Å²) in [4.78, 5) is 12.2. The molecule has 0 radical (unpaired) electrons. The molecule has 0 aromatic heterocycles. The molecule has 0 unspecified atom stereocenters. The topological polar surface area (TPSA) is 50.4 Å². The minimum absolute atomic E-state index is 0.195. The SMILES string of the molecule is COCCNCCNC(=O)c1ccc(F)c2ccccc12. The summed E-state index contributed by atoms with van der Waals surface area (Å²) in [5.74, 6) is -0.511. The van der Waals surface area contributed by atoms with E-state index in [2.05, 4.69) is 10.6 Å². The van der Waals surface area contributed by atoms with E-state index in [0.29, 0.717) is 36.0 Å². The van der Waals surface area contributed by atoms with Gasteiger partial charge in [-0.05, 0) is 17.5 Å². The van der Waals surface area contributed by atoms with Gasteiger partial charge in [-0.25, -0.2) is 4.39 Å². The largest absolute Gasteiger partial charge is 0.383 e. The van der Waals surface area contributed by atoms with Crippen molar-refractivity contribution in [2.75, 3.05) is 33.4 Å². The standard InChI is InChI=1S/C16H19FN2O2/c1-21-11-10-18-8-9-19-16(20)14-6-7-15(17)13-5-3-2-4-12(13)14/h2-7,18H,8-11H2,1H3,(H,19,20). The highest BCUT2D eigenvalue weighted by Gasteiger charge is 2.11. The van der Waals surface area contributed by atoms with Crippen LogP contribution in [0.15, 0.2) is 36.4 Å². The molecule has 0 saturated heterocycles. The molecule has 2 rings (SSSR count). The molecule has 0 saturated carbocycles. The van der Waals surface area contributed by atoms with E-state index in [-0.39, 0.29) is 11.7 Å². The summed E-state index contributed by atoms with van der Waals surface area (Å²) in [5, 5.41) is 7.05. The highest BCUT2D eigenvalue weighted by molar-refractivity contribution is 6.07. The lowest BCUT2D eigenvalue weighted by molar-refractivity contribution is 0.0955. The zero-order valence-electron chi connectivity index (χ0n) is 12.0. The van der Waals surface area contributed by atoms with Gasteiger partial charge in [-0.1, -0.05) is 24.3 Å². The monoisotopic (exact) mass is 290 g/mol. The number of halogens is 1. The minimum Gasteiger partial charge on any atom is -0.383 e. The van der Waals surface area contributed by atoms with Crippen LogP contribution < -0.4 is 10.6 Å². The lowest BCUT2D eigenvalue weighted by Crippen LogP contribution is -2.33. The molecule has 0 aliphatic heterocycles. The van der Waals surface area contributed by atoms with Crippen molar-refractivity contribution in [3.8, 4) is 0 Å². The number of ether oxygens (including phenoxy) is 1. The summed E-state index contributed by atoms with van der Waals surface area (Å²) in [6.45, 7) is 2.55. The van der Waals surface area contributed by atoms with E-state index < -0.39 is 0 Å². The van der Waals surface area contributed by atoms with Gasteiger partial charge in [-0.15, -0.1) is 0 Å². The number of methoxy groups -OCH3 is 1. The molecular formula is C16H19FN2O2. The normalized spacial score (nSPS) is 10.8. The predicted molar refractivity (Wildman–Crippen MR) is 81.0 cm³/mol. The summed E-state index contributed by atoms with van der Waals surface area (Å²) in [5.41, 5.74) is 0.490. The van der Waals surface area contributed by atoms with Gasteiger partial charge in [0.05, 0.1) is 6.61 Å². The van der Waals surface area contributed by atoms with E-state index in [1.807, 2.05) is 0 Å². The average Bonchev–Trinajstić information content (AvgIpc) is 2.51. The molecule has 112 valence electrons. The Morgan fingerprint density at radius 3 is 2.62 bits per heavy atom. The number of benzene rings is 2. The van der Waals surface area contributed by atoms with Crippen LogP contribution in [0.4, 0.5) is 4.39 Å². The molecule has 2 N–H and O–H groups in total. The first kappa shape index (κ1) is 15.4. The zero-order chi connectivity index (χ0) is 15.1. The molecule has 0 spiro atoms. The van der Waals surface area contributed by atoms with E-state index in [1.165, 1.54) is 12.1 Å². The molecule has 0 bridgehead atoms. The van der Waals surface area contributed by atoms with Crippen LogP contribution in [0.3, 0.4) is 0 Å². The Morgan fingerprint density at radius 2 is 1.86 bits per heavy atom.